The average molecular weight is 571 g/mol. The van der Waals surface area contributed by atoms with Crippen molar-refractivity contribution in [1.82, 2.24) is 20.0 Å². The highest BCUT2D eigenvalue weighted by atomic mass is 32.2. The van der Waals surface area contributed by atoms with Gasteiger partial charge in [-0.3, -0.25) is 0 Å². The van der Waals surface area contributed by atoms with Crippen molar-refractivity contribution < 1.29 is 18.3 Å². The number of carbonyl (C=O) groups is 1. The molecule has 5 rings (SSSR count). The summed E-state index contributed by atoms with van der Waals surface area (Å²) in [4.78, 5) is 21.0. The minimum absolute atomic E-state index is 0.0277. The smallest absolute Gasteiger partial charge is 0.404 e. The lowest BCUT2D eigenvalue weighted by molar-refractivity contribution is 0.185. The fraction of sp³-hybridized carbons (Fsp3) is 0.370. The first-order valence-corrected chi connectivity index (χ1v) is 15.6. The molecule has 200 valence electrons. The van der Waals surface area contributed by atoms with E-state index in [1.807, 2.05) is 51.1 Å². The van der Waals surface area contributed by atoms with Crippen molar-refractivity contribution in [2.75, 3.05) is 0 Å². The van der Waals surface area contributed by atoms with Crippen molar-refractivity contribution in [2.45, 2.75) is 68.8 Å². The van der Waals surface area contributed by atoms with Crippen LogP contribution in [0.2, 0.25) is 0 Å². The van der Waals surface area contributed by atoms with E-state index in [1.54, 1.807) is 29.1 Å². The third-order valence-corrected chi connectivity index (χ3v) is 10.4. The van der Waals surface area contributed by atoms with E-state index in [4.69, 9.17) is 5.11 Å². The summed E-state index contributed by atoms with van der Waals surface area (Å²) in [5, 5.41) is 12.5. The Morgan fingerprint density at radius 3 is 2.45 bits per heavy atom. The summed E-state index contributed by atoms with van der Waals surface area (Å²) in [6.07, 6.45) is 3.98. The van der Waals surface area contributed by atoms with Gasteiger partial charge in [-0.2, -0.15) is 0 Å². The van der Waals surface area contributed by atoms with E-state index in [9.17, 15) is 13.2 Å². The van der Waals surface area contributed by atoms with Gasteiger partial charge in [0.25, 0.3) is 0 Å². The van der Waals surface area contributed by atoms with Crippen molar-refractivity contribution in [3.8, 4) is 21.6 Å². The fourth-order valence-electron chi connectivity index (χ4n) is 4.88. The summed E-state index contributed by atoms with van der Waals surface area (Å²) in [5.74, 6) is 0.235. The van der Waals surface area contributed by atoms with Crippen LogP contribution >= 0.6 is 22.7 Å². The van der Waals surface area contributed by atoms with E-state index in [0.717, 1.165) is 56.9 Å². The maximum absolute atomic E-state index is 13.6. The van der Waals surface area contributed by atoms with E-state index in [-0.39, 0.29) is 16.9 Å². The second-order valence-electron chi connectivity index (χ2n) is 10.7. The summed E-state index contributed by atoms with van der Waals surface area (Å²) in [6, 6.07) is 11.5. The number of amides is 1. The molecule has 1 aliphatic carbocycles. The molecule has 4 aromatic rings. The number of hydrogen-bond acceptors (Lipinski definition) is 7. The zero-order valence-electron chi connectivity index (χ0n) is 21.4. The standard InChI is InChI=1S/C27H30N4O4S3/c1-27(2,3)31-38(34,35)24-13-18(17-7-11-21-22(12-17)36-15-29-21)6-10-20(24)23-14-28-25(37-23)16-4-8-19(9-5-16)30-26(32)33/h6-7,10-16,19,30-31H,4-5,8-9H2,1-3H3,(H,32,33)/t16-,19-. The Hall–Kier alpha value is -2.86. The molecule has 1 saturated carbocycles. The first-order chi connectivity index (χ1) is 18.0. The van der Waals surface area contributed by atoms with Gasteiger partial charge in [0.05, 0.1) is 30.5 Å². The maximum Gasteiger partial charge on any atom is 0.404 e. The second-order valence-corrected chi connectivity index (χ2v) is 14.3. The highest BCUT2D eigenvalue weighted by Crippen LogP contribution is 2.40. The van der Waals surface area contributed by atoms with Gasteiger partial charge in [-0.25, -0.2) is 27.9 Å². The van der Waals surface area contributed by atoms with Gasteiger partial charge < -0.3 is 10.4 Å². The Morgan fingerprint density at radius 1 is 1.03 bits per heavy atom. The molecule has 1 aliphatic rings. The minimum atomic E-state index is -3.84. The predicted octanol–water partition coefficient (Wildman–Crippen LogP) is 6.46. The average Bonchev–Trinajstić information content (AvgIpc) is 3.52. The maximum atomic E-state index is 13.6. The van der Waals surface area contributed by atoms with Crippen LogP contribution in [0.5, 0.6) is 0 Å². The molecule has 0 bridgehead atoms. The lowest BCUT2D eigenvalue weighted by atomic mass is 9.86. The molecule has 2 aromatic heterocycles. The lowest BCUT2D eigenvalue weighted by Gasteiger charge is -2.27. The van der Waals surface area contributed by atoms with Crippen molar-refractivity contribution in [3.63, 3.8) is 0 Å². The van der Waals surface area contributed by atoms with Crippen LogP contribution in [-0.2, 0) is 10.0 Å². The molecule has 2 heterocycles. The van der Waals surface area contributed by atoms with E-state index in [0.29, 0.717) is 5.56 Å². The van der Waals surface area contributed by atoms with E-state index in [2.05, 4.69) is 20.0 Å². The number of nitrogens with one attached hydrogen (secondary N) is 2. The third kappa shape index (κ3) is 5.90. The first kappa shape index (κ1) is 26.7. The highest BCUT2D eigenvalue weighted by Gasteiger charge is 2.29. The number of fused-ring (bicyclic) bond motifs is 1. The number of nitrogens with zero attached hydrogens (tertiary/aromatic N) is 2. The molecule has 0 unspecified atom stereocenters. The van der Waals surface area contributed by atoms with Crippen LogP contribution in [0.4, 0.5) is 4.79 Å². The second kappa shape index (κ2) is 10.4. The quantitative estimate of drug-likeness (QED) is 0.245. The molecule has 0 radical (unpaired) electrons. The van der Waals surface area contributed by atoms with Crippen molar-refractivity contribution in [3.05, 3.63) is 53.1 Å². The van der Waals surface area contributed by atoms with Gasteiger partial charge in [0, 0.05) is 29.3 Å². The Bertz CT molecular complexity index is 1580. The molecule has 3 N–H and O–H groups in total. The van der Waals surface area contributed by atoms with E-state index in [1.165, 1.54) is 11.3 Å². The first-order valence-electron chi connectivity index (χ1n) is 12.5. The van der Waals surface area contributed by atoms with Crippen LogP contribution in [0.25, 0.3) is 31.8 Å². The van der Waals surface area contributed by atoms with E-state index >= 15 is 0 Å². The summed E-state index contributed by atoms with van der Waals surface area (Å²) in [5.41, 5.74) is 4.44. The number of aromatic nitrogens is 2. The Balaban J connectivity index is 1.50. The Labute approximate surface area is 230 Å². The number of thiazole rings is 2. The molecule has 38 heavy (non-hydrogen) atoms. The zero-order chi connectivity index (χ0) is 27.1. The van der Waals surface area contributed by atoms with Gasteiger partial charge in [0.2, 0.25) is 10.0 Å². The van der Waals surface area contributed by atoms with Crippen LogP contribution in [0, 0.1) is 0 Å². The van der Waals surface area contributed by atoms with Crippen molar-refractivity contribution in [2.24, 2.45) is 0 Å². The summed E-state index contributed by atoms with van der Waals surface area (Å²) < 4.78 is 31.1. The topological polar surface area (TPSA) is 121 Å². The molecular weight excluding hydrogens is 541 g/mol. The molecule has 2 aromatic carbocycles. The number of benzene rings is 2. The number of rotatable bonds is 6. The molecule has 0 aliphatic heterocycles. The van der Waals surface area contributed by atoms with Crippen molar-refractivity contribution in [1.29, 1.82) is 0 Å². The van der Waals surface area contributed by atoms with Gasteiger partial charge in [-0.05, 0) is 75.8 Å². The molecule has 8 nitrogen and oxygen atoms in total. The fourth-order valence-corrected chi connectivity index (χ4v) is 8.45. The highest BCUT2D eigenvalue weighted by molar-refractivity contribution is 7.89. The number of carboxylic acid groups (broad SMARTS) is 1. The van der Waals surface area contributed by atoms with Gasteiger partial charge in [0.15, 0.2) is 0 Å². The minimum Gasteiger partial charge on any atom is -0.465 e. The van der Waals surface area contributed by atoms with Crippen LogP contribution in [0.3, 0.4) is 0 Å². The molecule has 0 saturated heterocycles. The van der Waals surface area contributed by atoms with Crippen LogP contribution in [0.15, 0.2) is 53.0 Å². The SMILES string of the molecule is CC(C)(C)NS(=O)(=O)c1cc(-c2ccc3ncsc3c2)ccc1-c1cnc([C@H]2CC[C@H](NC(=O)O)CC2)s1. The molecule has 1 fully saturated rings. The lowest BCUT2D eigenvalue weighted by Crippen LogP contribution is -2.40. The molecular formula is C27H30N4O4S3. The number of sulfonamides is 1. The monoisotopic (exact) mass is 570 g/mol. The predicted molar refractivity (Wildman–Crippen MR) is 152 cm³/mol. The molecule has 0 spiro atoms. The van der Waals surface area contributed by atoms with Gasteiger partial charge in [0.1, 0.15) is 0 Å². The third-order valence-electron chi connectivity index (χ3n) is 6.57. The normalized spacial score (nSPS) is 18.5. The molecule has 0 atom stereocenters. The van der Waals surface area contributed by atoms with E-state index < -0.39 is 21.7 Å². The van der Waals surface area contributed by atoms with Crippen LogP contribution in [-0.4, -0.2) is 41.2 Å². The Kier molecular flexibility index (Phi) is 7.29. The summed E-state index contributed by atoms with van der Waals surface area (Å²) in [7, 11) is -3.84. The zero-order valence-corrected chi connectivity index (χ0v) is 23.8. The van der Waals surface area contributed by atoms with Crippen LogP contribution < -0.4 is 10.0 Å². The summed E-state index contributed by atoms with van der Waals surface area (Å²) in [6.45, 7) is 5.48. The van der Waals surface area contributed by atoms with Crippen molar-refractivity contribution >= 4 is 49.0 Å². The van der Waals surface area contributed by atoms with Crippen LogP contribution in [0.1, 0.15) is 57.4 Å². The van der Waals surface area contributed by atoms with Gasteiger partial charge >= 0.3 is 6.09 Å². The molecule has 11 heteroatoms. The van der Waals surface area contributed by atoms with Gasteiger partial charge in [-0.1, -0.05) is 18.2 Å². The summed E-state index contributed by atoms with van der Waals surface area (Å²) >= 11 is 3.07. The largest absolute Gasteiger partial charge is 0.465 e. The number of hydrogen-bond donors (Lipinski definition) is 3. The van der Waals surface area contributed by atoms with Gasteiger partial charge in [-0.15, -0.1) is 22.7 Å². The molecule has 1 amide bonds. The Morgan fingerprint density at radius 2 is 1.74 bits per heavy atom.